The molecule has 0 aromatic carbocycles. The van der Waals surface area contributed by atoms with Crippen molar-refractivity contribution in [1.29, 1.82) is 0 Å². The summed E-state index contributed by atoms with van der Waals surface area (Å²) in [6.07, 6.45) is 2.32. The van der Waals surface area contributed by atoms with Crippen LogP contribution >= 0.6 is 0 Å². The highest BCUT2D eigenvalue weighted by molar-refractivity contribution is 5.23. The van der Waals surface area contributed by atoms with E-state index >= 15 is 0 Å². The monoisotopic (exact) mass is 172 g/mol. The van der Waals surface area contributed by atoms with Crippen molar-refractivity contribution in [3.8, 4) is 0 Å². The molecule has 0 saturated heterocycles. The Balaban J connectivity index is 2.23. The molecule has 1 heterocycles. The van der Waals surface area contributed by atoms with Gasteiger partial charge in [-0.05, 0) is 18.8 Å². The molecule has 1 fully saturated rings. The molecule has 0 atom stereocenters. The second kappa shape index (κ2) is 2.84. The summed E-state index contributed by atoms with van der Waals surface area (Å²) >= 11 is 0. The van der Waals surface area contributed by atoms with Crippen LogP contribution in [0.25, 0.3) is 0 Å². The van der Waals surface area contributed by atoms with Crippen LogP contribution in [0, 0.1) is 0 Å². The highest BCUT2D eigenvalue weighted by atomic mass is 19.3. The normalized spacial score (nSPS) is 18.2. The molecule has 0 bridgehead atoms. The molecule has 1 aliphatic carbocycles. The maximum absolute atomic E-state index is 12.3. The van der Waals surface area contributed by atoms with Crippen LogP contribution in [0.4, 0.5) is 8.78 Å². The Hall–Kier alpha value is -0.930. The topological polar surface area (TPSA) is 28.7 Å². The number of halogens is 2. The molecule has 1 saturated carbocycles. The zero-order valence-electron chi connectivity index (χ0n) is 6.56. The van der Waals surface area contributed by atoms with Crippen LogP contribution in [0.2, 0.25) is 0 Å². The fraction of sp³-hybridized carbons (Fsp3) is 0.625. The van der Waals surface area contributed by atoms with E-state index < -0.39 is 6.43 Å². The van der Waals surface area contributed by atoms with E-state index in [0.717, 1.165) is 24.8 Å². The van der Waals surface area contributed by atoms with Crippen LogP contribution in [0.5, 0.6) is 0 Å². The summed E-state index contributed by atoms with van der Waals surface area (Å²) in [4.78, 5) is 0. The highest BCUT2D eigenvalue weighted by Gasteiger charge is 2.26. The van der Waals surface area contributed by atoms with Gasteiger partial charge in [-0.3, -0.25) is 5.10 Å². The molecule has 1 N–H and O–H groups in total. The van der Waals surface area contributed by atoms with Gasteiger partial charge < -0.3 is 0 Å². The van der Waals surface area contributed by atoms with Crippen LogP contribution in [-0.2, 0) is 0 Å². The Labute approximate surface area is 69.0 Å². The quantitative estimate of drug-likeness (QED) is 0.729. The van der Waals surface area contributed by atoms with E-state index in [1.54, 1.807) is 0 Å². The van der Waals surface area contributed by atoms with Gasteiger partial charge in [0.15, 0.2) is 0 Å². The summed E-state index contributed by atoms with van der Waals surface area (Å²) in [6, 6.07) is 0. The number of hydrogen-bond acceptors (Lipinski definition) is 1. The predicted molar refractivity (Wildman–Crippen MR) is 40.1 cm³/mol. The number of rotatable bonds is 2. The molecule has 66 valence electrons. The Bertz CT molecular complexity index is 266. The lowest BCUT2D eigenvalue weighted by Crippen LogP contribution is -2.10. The van der Waals surface area contributed by atoms with Crippen molar-refractivity contribution < 1.29 is 8.78 Å². The molecule has 1 aromatic rings. The lowest BCUT2D eigenvalue weighted by atomic mass is 9.80. The van der Waals surface area contributed by atoms with Gasteiger partial charge in [0.05, 0.1) is 6.20 Å². The molecule has 0 radical (unpaired) electrons. The predicted octanol–water partition coefficient (Wildman–Crippen LogP) is 2.61. The Morgan fingerprint density at radius 3 is 2.75 bits per heavy atom. The number of nitrogens with zero attached hydrogens (tertiary/aromatic N) is 1. The smallest absolute Gasteiger partial charge is 0.276 e. The molecule has 2 nitrogen and oxygen atoms in total. The average Bonchev–Trinajstić information content (AvgIpc) is 2.31. The van der Waals surface area contributed by atoms with Gasteiger partial charge in [0.25, 0.3) is 6.43 Å². The third-order valence-corrected chi connectivity index (χ3v) is 2.46. The second-order valence-corrected chi connectivity index (χ2v) is 3.17. The van der Waals surface area contributed by atoms with E-state index in [4.69, 9.17) is 0 Å². The second-order valence-electron chi connectivity index (χ2n) is 3.17. The molecular formula is C8H10F2N2. The van der Waals surface area contributed by atoms with E-state index in [0.29, 0.717) is 5.92 Å². The Morgan fingerprint density at radius 2 is 2.25 bits per heavy atom. The van der Waals surface area contributed by atoms with Crippen LogP contribution in [0.15, 0.2) is 6.20 Å². The van der Waals surface area contributed by atoms with Crippen molar-refractivity contribution in [2.45, 2.75) is 31.6 Å². The first kappa shape index (κ1) is 7.71. The summed E-state index contributed by atoms with van der Waals surface area (Å²) < 4.78 is 24.6. The first-order valence-electron chi connectivity index (χ1n) is 4.10. The summed E-state index contributed by atoms with van der Waals surface area (Å²) in [5.41, 5.74) is 0.732. The molecule has 12 heavy (non-hydrogen) atoms. The zero-order chi connectivity index (χ0) is 8.55. The van der Waals surface area contributed by atoms with Gasteiger partial charge in [0, 0.05) is 5.56 Å². The van der Waals surface area contributed by atoms with E-state index in [1.165, 1.54) is 6.20 Å². The number of aromatic nitrogens is 2. The van der Waals surface area contributed by atoms with Crippen LogP contribution < -0.4 is 0 Å². The molecule has 0 amide bonds. The molecular weight excluding hydrogens is 162 g/mol. The number of nitrogens with one attached hydrogen (secondary N) is 1. The standard InChI is InChI=1S/C8H10F2N2/c9-8(10)7-6(4-11-12-7)5-2-1-3-5/h4-5,8H,1-3H2,(H,11,12). The summed E-state index contributed by atoms with van der Waals surface area (Å²) in [5, 5.41) is 6.00. The SMILES string of the molecule is FC(F)c1[nH]ncc1C1CCC1. The maximum atomic E-state index is 12.3. The number of hydrogen-bond donors (Lipinski definition) is 1. The number of H-pyrrole nitrogens is 1. The van der Waals surface area contributed by atoms with Gasteiger partial charge >= 0.3 is 0 Å². The van der Waals surface area contributed by atoms with E-state index in [2.05, 4.69) is 10.2 Å². The van der Waals surface area contributed by atoms with Gasteiger partial charge in [-0.25, -0.2) is 8.78 Å². The third-order valence-electron chi connectivity index (χ3n) is 2.46. The van der Waals surface area contributed by atoms with Gasteiger partial charge in [0.1, 0.15) is 5.69 Å². The number of alkyl halides is 2. The Kier molecular flexibility index (Phi) is 1.83. The molecule has 2 rings (SSSR count). The molecule has 0 aliphatic heterocycles. The summed E-state index contributed by atoms with van der Waals surface area (Å²) in [7, 11) is 0. The minimum absolute atomic E-state index is 0.0136. The van der Waals surface area contributed by atoms with Gasteiger partial charge in [-0.15, -0.1) is 0 Å². The van der Waals surface area contributed by atoms with E-state index in [9.17, 15) is 8.78 Å². The van der Waals surface area contributed by atoms with Gasteiger partial charge in [0.2, 0.25) is 0 Å². The average molecular weight is 172 g/mol. The van der Waals surface area contributed by atoms with E-state index in [1.807, 2.05) is 0 Å². The fourth-order valence-electron chi connectivity index (χ4n) is 1.52. The molecule has 4 heteroatoms. The number of aromatic amines is 1. The van der Waals surface area contributed by atoms with Crippen molar-refractivity contribution in [3.05, 3.63) is 17.5 Å². The third kappa shape index (κ3) is 1.11. The van der Waals surface area contributed by atoms with Crippen molar-refractivity contribution in [2.75, 3.05) is 0 Å². The fourth-order valence-corrected chi connectivity index (χ4v) is 1.52. The lowest BCUT2D eigenvalue weighted by molar-refractivity contribution is 0.143. The molecule has 1 aromatic heterocycles. The molecule has 0 unspecified atom stereocenters. The summed E-state index contributed by atoms with van der Waals surface area (Å²) in [5.74, 6) is 0.327. The first-order chi connectivity index (χ1) is 5.79. The van der Waals surface area contributed by atoms with Gasteiger partial charge in [-0.2, -0.15) is 5.10 Å². The summed E-state index contributed by atoms with van der Waals surface area (Å²) in [6.45, 7) is 0. The lowest BCUT2D eigenvalue weighted by Gasteiger charge is -2.25. The largest absolute Gasteiger partial charge is 0.280 e. The molecule has 0 spiro atoms. The van der Waals surface area contributed by atoms with Crippen molar-refractivity contribution in [2.24, 2.45) is 0 Å². The minimum Gasteiger partial charge on any atom is -0.276 e. The van der Waals surface area contributed by atoms with Crippen LogP contribution in [0.3, 0.4) is 0 Å². The minimum atomic E-state index is -2.41. The Morgan fingerprint density at radius 1 is 1.50 bits per heavy atom. The van der Waals surface area contributed by atoms with Crippen molar-refractivity contribution in [1.82, 2.24) is 10.2 Å². The highest BCUT2D eigenvalue weighted by Crippen LogP contribution is 2.39. The van der Waals surface area contributed by atoms with Gasteiger partial charge in [-0.1, -0.05) is 6.42 Å². The molecule has 1 aliphatic rings. The maximum Gasteiger partial charge on any atom is 0.280 e. The first-order valence-corrected chi connectivity index (χ1v) is 4.10. The van der Waals surface area contributed by atoms with Crippen molar-refractivity contribution >= 4 is 0 Å². The van der Waals surface area contributed by atoms with Crippen LogP contribution in [0.1, 0.15) is 42.9 Å². The zero-order valence-corrected chi connectivity index (χ0v) is 6.56. The van der Waals surface area contributed by atoms with Crippen LogP contribution in [-0.4, -0.2) is 10.2 Å². The van der Waals surface area contributed by atoms with Crippen molar-refractivity contribution in [3.63, 3.8) is 0 Å². The van der Waals surface area contributed by atoms with E-state index in [-0.39, 0.29) is 5.69 Å².